The minimum absolute atomic E-state index is 0.0571. The molecule has 0 spiro atoms. The summed E-state index contributed by atoms with van der Waals surface area (Å²) in [5.41, 5.74) is 0. The fraction of sp³-hybridized carbons (Fsp3) is 0.714. The van der Waals surface area contributed by atoms with Crippen LogP contribution in [0.4, 0.5) is 0 Å². The number of allylic oxidation sites excluding steroid dienone is 2. The first kappa shape index (κ1) is 11.8. The molecule has 0 aromatic heterocycles. The highest BCUT2D eigenvalue weighted by atomic mass is 16.4. The standard InChI is InChI=1S/C14H19NO3/c1-7-4-10(7)6-15-13(16)11-8-2-3-9(5-8)12(11)14(17)18/h2-3,7-12H,4-6H2,1H3,(H,15,16)(H,17,18). The van der Waals surface area contributed by atoms with Crippen molar-refractivity contribution in [2.45, 2.75) is 19.8 Å². The van der Waals surface area contributed by atoms with Gasteiger partial charge in [-0.25, -0.2) is 0 Å². The highest BCUT2D eigenvalue weighted by Gasteiger charge is 2.51. The number of hydrogen-bond donors (Lipinski definition) is 2. The third-order valence-corrected chi connectivity index (χ3v) is 4.86. The largest absolute Gasteiger partial charge is 0.481 e. The van der Waals surface area contributed by atoms with Gasteiger partial charge in [0.1, 0.15) is 0 Å². The topological polar surface area (TPSA) is 66.4 Å². The second-order valence-corrected chi connectivity index (χ2v) is 6.06. The van der Waals surface area contributed by atoms with Gasteiger partial charge >= 0.3 is 5.97 Å². The van der Waals surface area contributed by atoms with Crippen molar-refractivity contribution in [2.24, 2.45) is 35.5 Å². The second kappa shape index (κ2) is 4.11. The Hall–Kier alpha value is -1.32. The van der Waals surface area contributed by atoms with Gasteiger partial charge in [-0.1, -0.05) is 19.1 Å². The fourth-order valence-electron chi connectivity index (χ4n) is 3.55. The number of carboxylic acids is 1. The zero-order valence-electron chi connectivity index (χ0n) is 10.5. The average Bonchev–Trinajstić information content (AvgIpc) is 2.79. The molecule has 0 aliphatic heterocycles. The van der Waals surface area contributed by atoms with Crippen LogP contribution in [-0.4, -0.2) is 23.5 Å². The van der Waals surface area contributed by atoms with E-state index in [1.807, 2.05) is 12.2 Å². The van der Waals surface area contributed by atoms with Crippen molar-refractivity contribution >= 4 is 11.9 Å². The number of carbonyl (C=O) groups excluding carboxylic acids is 1. The molecule has 3 rings (SSSR count). The molecule has 2 fully saturated rings. The van der Waals surface area contributed by atoms with Crippen LogP contribution in [0.1, 0.15) is 19.8 Å². The lowest BCUT2D eigenvalue weighted by molar-refractivity contribution is -0.147. The molecule has 0 aromatic rings. The highest BCUT2D eigenvalue weighted by Crippen LogP contribution is 2.48. The van der Waals surface area contributed by atoms with Gasteiger partial charge in [-0.3, -0.25) is 9.59 Å². The van der Waals surface area contributed by atoms with Crippen LogP contribution in [-0.2, 0) is 9.59 Å². The summed E-state index contributed by atoms with van der Waals surface area (Å²) in [7, 11) is 0. The SMILES string of the molecule is CC1CC1CNC(=O)C1C2C=CC(C2)C1C(=O)O. The molecule has 1 amide bonds. The van der Waals surface area contributed by atoms with E-state index in [1.54, 1.807) is 0 Å². The Bertz CT molecular complexity index is 417. The molecular weight excluding hydrogens is 230 g/mol. The number of carboxylic acid groups (broad SMARTS) is 1. The van der Waals surface area contributed by atoms with Gasteiger partial charge in [0.2, 0.25) is 5.91 Å². The monoisotopic (exact) mass is 249 g/mol. The zero-order chi connectivity index (χ0) is 12.9. The molecule has 2 saturated carbocycles. The Morgan fingerprint density at radius 3 is 2.39 bits per heavy atom. The molecule has 6 unspecified atom stereocenters. The van der Waals surface area contributed by atoms with Gasteiger partial charge < -0.3 is 10.4 Å². The van der Waals surface area contributed by atoms with Gasteiger partial charge in [-0.05, 0) is 36.5 Å². The Labute approximate surface area is 106 Å². The first-order valence-electron chi connectivity index (χ1n) is 6.76. The molecule has 4 heteroatoms. The van der Waals surface area contributed by atoms with Crippen molar-refractivity contribution in [3.8, 4) is 0 Å². The van der Waals surface area contributed by atoms with Crippen molar-refractivity contribution in [1.82, 2.24) is 5.32 Å². The van der Waals surface area contributed by atoms with Crippen molar-refractivity contribution in [3.05, 3.63) is 12.2 Å². The van der Waals surface area contributed by atoms with E-state index in [9.17, 15) is 14.7 Å². The second-order valence-electron chi connectivity index (χ2n) is 6.06. The van der Waals surface area contributed by atoms with Crippen molar-refractivity contribution in [2.75, 3.05) is 6.54 Å². The van der Waals surface area contributed by atoms with Crippen LogP contribution in [0.3, 0.4) is 0 Å². The maximum Gasteiger partial charge on any atom is 0.307 e. The molecule has 2 bridgehead atoms. The Morgan fingerprint density at radius 2 is 1.83 bits per heavy atom. The number of hydrogen-bond acceptors (Lipinski definition) is 2. The molecule has 0 radical (unpaired) electrons. The van der Waals surface area contributed by atoms with E-state index < -0.39 is 11.9 Å². The molecule has 0 heterocycles. The maximum atomic E-state index is 12.2. The van der Waals surface area contributed by atoms with Crippen LogP contribution in [0, 0.1) is 35.5 Å². The van der Waals surface area contributed by atoms with Crippen molar-refractivity contribution < 1.29 is 14.7 Å². The molecule has 18 heavy (non-hydrogen) atoms. The third-order valence-electron chi connectivity index (χ3n) is 4.86. The van der Waals surface area contributed by atoms with Crippen LogP contribution < -0.4 is 5.32 Å². The van der Waals surface area contributed by atoms with E-state index >= 15 is 0 Å². The predicted molar refractivity (Wildman–Crippen MR) is 65.6 cm³/mol. The molecule has 6 atom stereocenters. The summed E-state index contributed by atoms with van der Waals surface area (Å²) >= 11 is 0. The maximum absolute atomic E-state index is 12.2. The quantitative estimate of drug-likeness (QED) is 0.738. The highest BCUT2D eigenvalue weighted by molar-refractivity contribution is 5.86. The lowest BCUT2D eigenvalue weighted by Crippen LogP contribution is -2.40. The van der Waals surface area contributed by atoms with E-state index in [0.29, 0.717) is 18.4 Å². The first-order valence-corrected chi connectivity index (χ1v) is 6.76. The number of carbonyl (C=O) groups is 2. The van der Waals surface area contributed by atoms with Crippen molar-refractivity contribution in [3.63, 3.8) is 0 Å². The molecule has 0 saturated heterocycles. The summed E-state index contributed by atoms with van der Waals surface area (Å²) in [6.07, 6.45) is 6.00. The molecule has 98 valence electrons. The number of aliphatic carboxylic acids is 1. The van der Waals surface area contributed by atoms with Crippen LogP contribution in [0.5, 0.6) is 0 Å². The van der Waals surface area contributed by atoms with Gasteiger partial charge in [0.15, 0.2) is 0 Å². The van der Waals surface area contributed by atoms with Gasteiger partial charge in [0.25, 0.3) is 0 Å². The summed E-state index contributed by atoms with van der Waals surface area (Å²) in [4.78, 5) is 23.5. The van der Waals surface area contributed by atoms with Crippen LogP contribution >= 0.6 is 0 Å². The number of nitrogens with one attached hydrogen (secondary N) is 1. The van der Waals surface area contributed by atoms with Gasteiger partial charge in [-0.15, -0.1) is 0 Å². The molecule has 3 aliphatic rings. The minimum atomic E-state index is -0.827. The van der Waals surface area contributed by atoms with Crippen LogP contribution in [0.25, 0.3) is 0 Å². The zero-order valence-corrected chi connectivity index (χ0v) is 10.5. The lowest BCUT2D eigenvalue weighted by Gasteiger charge is -2.23. The summed E-state index contributed by atoms with van der Waals surface area (Å²) < 4.78 is 0. The number of rotatable bonds is 4. The minimum Gasteiger partial charge on any atom is -0.481 e. The molecule has 2 N–H and O–H groups in total. The Morgan fingerprint density at radius 1 is 1.22 bits per heavy atom. The number of fused-ring (bicyclic) bond motifs is 2. The summed E-state index contributed by atoms with van der Waals surface area (Å²) in [5.74, 6) is -0.254. The summed E-state index contributed by atoms with van der Waals surface area (Å²) in [5, 5.41) is 12.2. The van der Waals surface area contributed by atoms with Crippen LogP contribution in [0.15, 0.2) is 12.2 Å². The Kier molecular flexibility index (Phi) is 2.68. The summed E-state index contributed by atoms with van der Waals surface area (Å²) in [6, 6.07) is 0. The molecule has 0 aromatic carbocycles. The third kappa shape index (κ3) is 1.84. The van der Waals surface area contributed by atoms with E-state index in [0.717, 1.165) is 6.42 Å². The van der Waals surface area contributed by atoms with Crippen molar-refractivity contribution in [1.29, 1.82) is 0 Å². The first-order chi connectivity index (χ1) is 8.58. The molecule has 4 nitrogen and oxygen atoms in total. The summed E-state index contributed by atoms with van der Waals surface area (Å²) in [6.45, 7) is 2.89. The van der Waals surface area contributed by atoms with E-state index in [4.69, 9.17) is 0 Å². The van der Waals surface area contributed by atoms with E-state index in [1.165, 1.54) is 6.42 Å². The van der Waals surface area contributed by atoms with E-state index in [-0.39, 0.29) is 23.7 Å². The normalized spacial score (nSPS) is 44.1. The average molecular weight is 249 g/mol. The van der Waals surface area contributed by atoms with Gasteiger partial charge in [0.05, 0.1) is 11.8 Å². The smallest absolute Gasteiger partial charge is 0.307 e. The molecular formula is C14H19NO3. The molecule has 3 aliphatic carbocycles. The van der Waals surface area contributed by atoms with Crippen LogP contribution in [0.2, 0.25) is 0 Å². The van der Waals surface area contributed by atoms with Gasteiger partial charge in [0, 0.05) is 6.54 Å². The lowest BCUT2D eigenvalue weighted by atomic mass is 9.82. The Balaban J connectivity index is 1.64. The fourth-order valence-corrected chi connectivity index (χ4v) is 3.55. The van der Waals surface area contributed by atoms with E-state index in [2.05, 4.69) is 12.2 Å². The number of amides is 1. The predicted octanol–water partition coefficient (Wildman–Crippen LogP) is 1.28. The van der Waals surface area contributed by atoms with Gasteiger partial charge in [-0.2, -0.15) is 0 Å².